The molecule has 1 aliphatic rings. The molecule has 1 aromatic rings. The third-order valence-electron chi connectivity index (χ3n) is 3.41. The van der Waals surface area contributed by atoms with E-state index in [1.165, 1.54) is 0 Å². The van der Waals surface area contributed by atoms with Crippen LogP contribution in [0.1, 0.15) is 43.7 Å². The van der Waals surface area contributed by atoms with Gasteiger partial charge < -0.3 is 5.11 Å². The summed E-state index contributed by atoms with van der Waals surface area (Å²) in [5.41, 5.74) is 2.26. The average Bonchev–Trinajstić information content (AvgIpc) is 2.44. The van der Waals surface area contributed by atoms with Crippen LogP contribution in [-0.4, -0.2) is 17.3 Å². The molecule has 0 aromatic heterocycles. The van der Waals surface area contributed by atoms with E-state index in [0.29, 0.717) is 19.4 Å². The van der Waals surface area contributed by atoms with E-state index in [1.54, 1.807) is 0 Å². The highest BCUT2D eigenvalue weighted by atomic mass is 17.2. The minimum atomic E-state index is -0.352. The van der Waals surface area contributed by atoms with Crippen molar-refractivity contribution in [2.24, 2.45) is 0 Å². The molecule has 1 aliphatic heterocycles. The largest absolute Gasteiger partial charge is 0.393 e. The van der Waals surface area contributed by atoms with Crippen molar-refractivity contribution < 1.29 is 14.9 Å². The second-order valence-electron chi connectivity index (χ2n) is 4.99. The van der Waals surface area contributed by atoms with E-state index in [0.717, 1.165) is 30.4 Å². The fourth-order valence-electron chi connectivity index (χ4n) is 2.37. The molecule has 0 saturated heterocycles. The molecule has 2 atom stereocenters. The van der Waals surface area contributed by atoms with Crippen LogP contribution in [0, 0.1) is 0 Å². The Kier molecular flexibility index (Phi) is 5.17. The first-order valence-electron chi connectivity index (χ1n) is 6.82. The Bertz CT molecular complexity index is 365. The van der Waals surface area contributed by atoms with Crippen LogP contribution in [0.3, 0.4) is 0 Å². The van der Waals surface area contributed by atoms with Gasteiger partial charge in [-0.25, -0.2) is 9.78 Å². The maximum absolute atomic E-state index is 10.1. The van der Waals surface area contributed by atoms with Crippen molar-refractivity contribution in [1.29, 1.82) is 0 Å². The summed E-state index contributed by atoms with van der Waals surface area (Å²) in [5, 5.41) is 10.1. The van der Waals surface area contributed by atoms with Gasteiger partial charge >= 0.3 is 0 Å². The van der Waals surface area contributed by atoms with E-state index >= 15 is 0 Å². The van der Waals surface area contributed by atoms with Crippen LogP contribution in [0.15, 0.2) is 24.3 Å². The molecule has 0 amide bonds. The summed E-state index contributed by atoms with van der Waals surface area (Å²) >= 11 is 0. The summed E-state index contributed by atoms with van der Waals surface area (Å²) < 4.78 is 0. The van der Waals surface area contributed by atoms with Crippen molar-refractivity contribution in [2.45, 2.75) is 57.8 Å². The summed E-state index contributed by atoms with van der Waals surface area (Å²) in [6, 6.07) is 8.06. The number of rotatable bonds is 3. The number of benzene rings is 1. The Morgan fingerprint density at radius 2 is 2.06 bits per heavy atom. The number of unbranched alkanes of at least 4 members (excludes halogenated alkanes) is 1. The van der Waals surface area contributed by atoms with E-state index < -0.39 is 0 Å². The van der Waals surface area contributed by atoms with E-state index in [4.69, 9.17) is 9.78 Å². The monoisotopic (exact) mass is 250 g/mol. The summed E-state index contributed by atoms with van der Waals surface area (Å²) in [6.07, 6.45) is 4.18. The molecule has 0 bridgehead atoms. The van der Waals surface area contributed by atoms with Crippen molar-refractivity contribution in [3.05, 3.63) is 35.4 Å². The molecule has 100 valence electrons. The number of aliphatic hydroxyl groups is 1. The first-order chi connectivity index (χ1) is 8.79. The van der Waals surface area contributed by atoms with E-state index in [9.17, 15) is 5.11 Å². The number of hydrogen-bond donors (Lipinski definition) is 1. The van der Waals surface area contributed by atoms with Crippen LogP contribution in [-0.2, 0) is 22.8 Å². The molecule has 0 saturated carbocycles. The Balaban J connectivity index is 2.02. The molecular formula is C15H22O3. The van der Waals surface area contributed by atoms with Gasteiger partial charge in [-0.15, -0.1) is 0 Å². The molecule has 18 heavy (non-hydrogen) atoms. The number of hydrogen-bond acceptors (Lipinski definition) is 3. The molecule has 3 heteroatoms. The third-order valence-corrected chi connectivity index (χ3v) is 3.41. The minimum Gasteiger partial charge on any atom is -0.393 e. The Hall–Kier alpha value is -0.900. The van der Waals surface area contributed by atoms with Crippen molar-refractivity contribution >= 4 is 0 Å². The normalized spacial score (nSPS) is 24.8. The van der Waals surface area contributed by atoms with Crippen LogP contribution in [0.25, 0.3) is 0 Å². The van der Waals surface area contributed by atoms with Gasteiger partial charge in [0.25, 0.3) is 0 Å². The highest BCUT2D eigenvalue weighted by molar-refractivity contribution is 5.27. The van der Waals surface area contributed by atoms with Crippen LogP contribution in [0.5, 0.6) is 0 Å². The zero-order valence-electron chi connectivity index (χ0n) is 11.0. The van der Waals surface area contributed by atoms with Crippen LogP contribution >= 0.6 is 0 Å². The summed E-state index contributed by atoms with van der Waals surface area (Å²) in [4.78, 5) is 10.8. The Morgan fingerprint density at radius 1 is 1.28 bits per heavy atom. The predicted octanol–water partition coefficient (Wildman–Crippen LogP) is 3.00. The lowest BCUT2D eigenvalue weighted by Gasteiger charge is -2.17. The second kappa shape index (κ2) is 6.88. The van der Waals surface area contributed by atoms with E-state index in [2.05, 4.69) is 6.92 Å². The minimum absolute atomic E-state index is 0.00858. The van der Waals surface area contributed by atoms with E-state index in [1.807, 2.05) is 24.3 Å². The second-order valence-corrected chi connectivity index (χ2v) is 4.99. The third kappa shape index (κ3) is 3.80. The molecule has 1 N–H and O–H groups in total. The van der Waals surface area contributed by atoms with Gasteiger partial charge in [0.1, 0.15) is 6.61 Å². The molecule has 0 fully saturated rings. The molecule has 2 rings (SSSR count). The van der Waals surface area contributed by atoms with Crippen LogP contribution in [0.4, 0.5) is 0 Å². The van der Waals surface area contributed by atoms with Crippen LogP contribution < -0.4 is 0 Å². The topological polar surface area (TPSA) is 38.7 Å². The fourth-order valence-corrected chi connectivity index (χ4v) is 2.37. The van der Waals surface area contributed by atoms with E-state index in [-0.39, 0.29) is 12.2 Å². The van der Waals surface area contributed by atoms with Gasteiger partial charge in [-0.1, -0.05) is 44.0 Å². The smallest absolute Gasteiger partial charge is 0.108 e. The van der Waals surface area contributed by atoms with Gasteiger partial charge in [-0.3, -0.25) is 0 Å². The number of aliphatic hydroxyl groups excluding tert-OH is 1. The predicted molar refractivity (Wildman–Crippen MR) is 70.0 cm³/mol. The first kappa shape index (κ1) is 13.5. The lowest BCUT2D eigenvalue weighted by molar-refractivity contribution is -0.336. The SMILES string of the molecule is CCCCC1CC(O)Cc2ccccc2COO1. The summed E-state index contributed by atoms with van der Waals surface area (Å²) in [5.74, 6) is 0. The molecule has 1 aromatic carbocycles. The van der Waals surface area contributed by atoms with Gasteiger partial charge in [0.2, 0.25) is 0 Å². The van der Waals surface area contributed by atoms with Crippen molar-refractivity contribution in [3.63, 3.8) is 0 Å². The Morgan fingerprint density at radius 3 is 2.83 bits per heavy atom. The fraction of sp³-hybridized carbons (Fsp3) is 0.600. The molecule has 2 unspecified atom stereocenters. The highest BCUT2D eigenvalue weighted by Crippen LogP contribution is 2.20. The average molecular weight is 250 g/mol. The summed E-state index contributed by atoms with van der Waals surface area (Å²) in [7, 11) is 0. The molecule has 3 nitrogen and oxygen atoms in total. The highest BCUT2D eigenvalue weighted by Gasteiger charge is 2.19. The molecule has 0 radical (unpaired) electrons. The maximum Gasteiger partial charge on any atom is 0.108 e. The van der Waals surface area contributed by atoms with Gasteiger partial charge in [0.15, 0.2) is 0 Å². The van der Waals surface area contributed by atoms with Crippen LogP contribution in [0.2, 0.25) is 0 Å². The van der Waals surface area contributed by atoms with Gasteiger partial charge in [0.05, 0.1) is 12.2 Å². The summed E-state index contributed by atoms with van der Waals surface area (Å²) in [6.45, 7) is 2.62. The standard InChI is InChI=1S/C15H22O3/c1-2-3-8-15-10-14(16)9-12-6-4-5-7-13(12)11-17-18-15/h4-7,14-16H,2-3,8-11H2,1H3. The Labute approximate surface area is 109 Å². The lowest BCUT2D eigenvalue weighted by atomic mass is 9.98. The zero-order chi connectivity index (χ0) is 12.8. The lowest BCUT2D eigenvalue weighted by Crippen LogP contribution is -2.21. The van der Waals surface area contributed by atoms with Gasteiger partial charge in [-0.05, 0) is 24.0 Å². The molecular weight excluding hydrogens is 228 g/mol. The maximum atomic E-state index is 10.1. The zero-order valence-corrected chi connectivity index (χ0v) is 11.0. The van der Waals surface area contributed by atoms with Gasteiger partial charge in [-0.2, -0.15) is 0 Å². The van der Waals surface area contributed by atoms with Gasteiger partial charge in [0, 0.05) is 6.42 Å². The van der Waals surface area contributed by atoms with Crippen molar-refractivity contribution in [1.82, 2.24) is 0 Å². The van der Waals surface area contributed by atoms with Crippen molar-refractivity contribution in [3.8, 4) is 0 Å². The quantitative estimate of drug-likeness (QED) is 0.838. The molecule has 0 aliphatic carbocycles. The van der Waals surface area contributed by atoms with Crippen molar-refractivity contribution in [2.75, 3.05) is 0 Å². The first-order valence-corrected chi connectivity index (χ1v) is 6.82. The molecule has 1 heterocycles. The number of fused-ring (bicyclic) bond motifs is 1. The molecule has 0 spiro atoms.